The second-order valence-corrected chi connectivity index (χ2v) is 5.27. The number of carbonyl (C=O) groups excluding carboxylic acids is 1. The van der Waals surface area contributed by atoms with Crippen LogP contribution in [0, 0.1) is 0 Å². The Morgan fingerprint density at radius 1 is 1.37 bits per heavy atom. The molecular weight excluding hydrogens is 246 g/mol. The van der Waals surface area contributed by atoms with Crippen LogP contribution in [0.3, 0.4) is 0 Å². The maximum Gasteiger partial charge on any atom is 0.318 e. The molecule has 1 amide bonds. The Labute approximate surface area is 113 Å². The molecule has 0 aliphatic heterocycles. The standard InChI is InChI=1S/C12H23N5O2/c1-6-17(8-9(18)13-5)11-16-15-10(19-11)7-14-12(2,3)4/h14H,6-8H2,1-5H3,(H,13,18). The summed E-state index contributed by atoms with van der Waals surface area (Å²) in [6.45, 7) is 9.47. The van der Waals surface area contributed by atoms with E-state index in [1.807, 2.05) is 6.92 Å². The molecule has 0 aliphatic carbocycles. The lowest BCUT2D eigenvalue weighted by atomic mass is 10.1. The van der Waals surface area contributed by atoms with E-state index in [0.29, 0.717) is 25.0 Å². The summed E-state index contributed by atoms with van der Waals surface area (Å²) in [6, 6.07) is 0.372. The highest BCUT2D eigenvalue weighted by molar-refractivity contribution is 5.80. The van der Waals surface area contributed by atoms with Gasteiger partial charge in [-0.25, -0.2) is 0 Å². The van der Waals surface area contributed by atoms with Gasteiger partial charge < -0.3 is 20.0 Å². The van der Waals surface area contributed by atoms with E-state index in [-0.39, 0.29) is 18.0 Å². The SMILES string of the molecule is CCN(CC(=O)NC)c1nnc(CNC(C)(C)C)o1. The predicted octanol–water partition coefficient (Wildman–Crippen LogP) is 0.530. The minimum absolute atomic E-state index is 0.0127. The van der Waals surface area contributed by atoms with Gasteiger partial charge in [-0.05, 0) is 27.7 Å². The Morgan fingerprint density at radius 3 is 2.58 bits per heavy atom. The lowest BCUT2D eigenvalue weighted by Crippen LogP contribution is -2.35. The van der Waals surface area contributed by atoms with Gasteiger partial charge in [0.1, 0.15) is 6.54 Å². The molecule has 1 aromatic heterocycles. The Kier molecular flexibility index (Phi) is 5.29. The van der Waals surface area contributed by atoms with Gasteiger partial charge in [-0.1, -0.05) is 5.10 Å². The third-order valence-corrected chi connectivity index (χ3v) is 2.49. The fraction of sp³-hybridized carbons (Fsp3) is 0.750. The first kappa shape index (κ1) is 15.4. The molecule has 7 heteroatoms. The van der Waals surface area contributed by atoms with Gasteiger partial charge in [-0.2, -0.15) is 0 Å². The Hall–Kier alpha value is -1.63. The number of aromatic nitrogens is 2. The molecule has 0 spiro atoms. The number of carbonyl (C=O) groups is 1. The summed E-state index contributed by atoms with van der Waals surface area (Å²) in [7, 11) is 1.60. The summed E-state index contributed by atoms with van der Waals surface area (Å²) in [5.41, 5.74) is -0.0127. The summed E-state index contributed by atoms with van der Waals surface area (Å²) in [6.07, 6.45) is 0. The molecule has 0 radical (unpaired) electrons. The Morgan fingerprint density at radius 2 is 2.05 bits per heavy atom. The lowest BCUT2D eigenvalue weighted by molar-refractivity contribution is -0.119. The summed E-state index contributed by atoms with van der Waals surface area (Å²) in [5, 5.41) is 13.8. The maximum absolute atomic E-state index is 11.4. The molecule has 7 nitrogen and oxygen atoms in total. The molecule has 0 aromatic carbocycles. The zero-order valence-electron chi connectivity index (χ0n) is 12.3. The molecule has 108 valence electrons. The van der Waals surface area contributed by atoms with Crippen molar-refractivity contribution in [1.82, 2.24) is 20.8 Å². The number of nitrogens with zero attached hydrogens (tertiary/aromatic N) is 3. The predicted molar refractivity (Wildman–Crippen MR) is 72.8 cm³/mol. The molecule has 0 aliphatic rings. The van der Waals surface area contributed by atoms with Gasteiger partial charge in [0.25, 0.3) is 0 Å². The van der Waals surface area contributed by atoms with Crippen LogP contribution in [0.2, 0.25) is 0 Å². The minimum Gasteiger partial charge on any atom is -0.407 e. The van der Waals surface area contributed by atoms with Crippen molar-refractivity contribution in [3.05, 3.63) is 5.89 Å². The van der Waals surface area contributed by atoms with Crippen LogP contribution >= 0.6 is 0 Å². The second-order valence-electron chi connectivity index (χ2n) is 5.27. The third-order valence-electron chi connectivity index (χ3n) is 2.49. The maximum atomic E-state index is 11.4. The third kappa shape index (κ3) is 5.25. The summed E-state index contributed by atoms with van der Waals surface area (Å²) < 4.78 is 5.54. The molecule has 19 heavy (non-hydrogen) atoms. The van der Waals surface area contributed by atoms with Crippen LogP contribution in [0.4, 0.5) is 6.01 Å². The van der Waals surface area contributed by atoms with Crippen molar-refractivity contribution >= 4 is 11.9 Å². The van der Waals surface area contributed by atoms with E-state index in [1.54, 1.807) is 11.9 Å². The van der Waals surface area contributed by atoms with Crippen LogP contribution in [0.5, 0.6) is 0 Å². The monoisotopic (exact) mass is 269 g/mol. The number of rotatable bonds is 6. The van der Waals surface area contributed by atoms with Crippen LogP contribution in [0.1, 0.15) is 33.6 Å². The normalized spacial score (nSPS) is 11.4. The van der Waals surface area contributed by atoms with Crippen molar-refractivity contribution in [3.8, 4) is 0 Å². The first-order valence-electron chi connectivity index (χ1n) is 6.38. The number of likely N-dealkylation sites (N-methyl/N-ethyl adjacent to an activating group) is 2. The average molecular weight is 269 g/mol. The van der Waals surface area contributed by atoms with E-state index in [9.17, 15) is 4.79 Å². The van der Waals surface area contributed by atoms with Crippen molar-refractivity contribution in [2.24, 2.45) is 0 Å². The number of anilines is 1. The van der Waals surface area contributed by atoms with Crippen molar-refractivity contribution in [1.29, 1.82) is 0 Å². The highest BCUT2D eigenvalue weighted by Gasteiger charge is 2.17. The molecule has 0 atom stereocenters. The number of nitrogens with one attached hydrogen (secondary N) is 2. The van der Waals surface area contributed by atoms with Crippen molar-refractivity contribution in [2.75, 3.05) is 25.0 Å². The number of amides is 1. The number of hydrogen-bond acceptors (Lipinski definition) is 6. The molecule has 0 fully saturated rings. The summed E-state index contributed by atoms with van der Waals surface area (Å²) in [4.78, 5) is 13.1. The summed E-state index contributed by atoms with van der Waals surface area (Å²) >= 11 is 0. The summed E-state index contributed by atoms with van der Waals surface area (Å²) in [5.74, 6) is 0.426. The first-order valence-corrected chi connectivity index (χ1v) is 6.38. The molecule has 1 aromatic rings. The number of hydrogen-bond donors (Lipinski definition) is 2. The zero-order chi connectivity index (χ0) is 14.5. The first-order chi connectivity index (χ1) is 8.85. The van der Waals surface area contributed by atoms with Crippen molar-refractivity contribution < 1.29 is 9.21 Å². The Bertz CT molecular complexity index is 410. The molecule has 0 saturated heterocycles. The largest absolute Gasteiger partial charge is 0.407 e. The van der Waals surface area contributed by atoms with Crippen molar-refractivity contribution in [2.45, 2.75) is 39.8 Å². The van der Waals surface area contributed by atoms with Gasteiger partial charge in [0.2, 0.25) is 11.8 Å². The smallest absolute Gasteiger partial charge is 0.318 e. The fourth-order valence-corrected chi connectivity index (χ4v) is 1.35. The van der Waals surface area contributed by atoms with Crippen LogP contribution in [-0.4, -0.2) is 41.8 Å². The lowest BCUT2D eigenvalue weighted by Gasteiger charge is -2.19. The van der Waals surface area contributed by atoms with Gasteiger partial charge in [0, 0.05) is 19.1 Å². The molecule has 0 bridgehead atoms. The molecule has 0 saturated carbocycles. The van der Waals surface area contributed by atoms with E-state index in [2.05, 4.69) is 41.6 Å². The van der Waals surface area contributed by atoms with Gasteiger partial charge in [-0.15, -0.1) is 5.10 Å². The van der Waals surface area contributed by atoms with E-state index in [1.165, 1.54) is 0 Å². The highest BCUT2D eigenvalue weighted by Crippen LogP contribution is 2.12. The van der Waals surface area contributed by atoms with Gasteiger partial charge in [-0.3, -0.25) is 4.79 Å². The average Bonchev–Trinajstić information content (AvgIpc) is 2.81. The fourth-order valence-electron chi connectivity index (χ4n) is 1.35. The zero-order valence-corrected chi connectivity index (χ0v) is 12.3. The molecular formula is C12H23N5O2. The molecule has 0 unspecified atom stereocenters. The van der Waals surface area contributed by atoms with Crippen LogP contribution < -0.4 is 15.5 Å². The molecule has 1 rings (SSSR count). The van der Waals surface area contributed by atoms with E-state index >= 15 is 0 Å². The quantitative estimate of drug-likeness (QED) is 0.784. The van der Waals surface area contributed by atoms with Gasteiger partial charge in [0.05, 0.1) is 6.54 Å². The van der Waals surface area contributed by atoms with Crippen LogP contribution in [-0.2, 0) is 11.3 Å². The minimum atomic E-state index is -0.0885. The van der Waals surface area contributed by atoms with Crippen LogP contribution in [0.25, 0.3) is 0 Å². The van der Waals surface area contributed by atoms with Crippen molar-refractivity contribution in [3.63, 3.8) is 0 Å². The molecule has 1 heterocycles. The van der Waals surface area contributed by atoms with E-state index in [0.717, 1.165) is 0 Å². The highest BCUT2D eigenvalue weighted by atomic mass is 16.4. The topological polar surface area (TPSA) is 83.3 Å². The van der Waals surface area contributed by atoms with Gasteiger partial charge in [0.15, 0.2) is 0 Å². The molecule has 2 N–H and O–H groups in total. The second kappa shape index (κ2) is 6.51. The van der Waals surface area contributed by atoms with Crippen LogP contribution in [0.15, 0.2) is 4.42 Å². The van der Waals surface area contributed by atoms with E-state index in [4.69, 9.17) is 4.42 Å². The van der Waals surface area contributed by atoms with E-state index < -0.39 is 0 Å². The Balaban J connectivity index is 2.63. The van der Waals surface area contributed by atoms with Gasteiger partial charge >= 0.3 is 6.01 Å².